The summed E-state index contributed by atoms with van der Waals surface area (Å²) < 4.78 is 0. The van der Waals surface area contributed by atoms with Crippen molar-refractivity contribution in [2.75, 3.05) is 13.1 Å². The number of thiophene rings is 1. The molecule has 20 heavy (non-hydrogen) atoms. The molecule has 5 heteroatoms. The van der Waals surface area contributed by atoms with Crippen LogP contribution in [0.3, 0.4) is 0 Å². The van der Waals surface area contributed by atoms with E-state index in [1.54, 1.807) is 16.2 Å². The molecule has 2 heterocycles. The van der Waals surface area contributed by atoms with E-state index in [-0.39, 0.29) is 11.8 Å². The monoisotopic (exact) mass is 293 g/mol. The fourth-order valence-corrected chi connectivity index (χ4v) is 4.55. The maximum Gasteiger partial charge on any atom is 0.311 e. The second kappa shape index (κ2) is 4.58. The Balaban J connectivity index is 1.86. The molecule has 1 aliphatic carbocycles. The van der Waals surface area contributed by atoms with Crippen molar-refractivity contribution >= 4 is 23.2 Å². The van der Waals surface area contributed by atoms with E-state index in [1.165, 1.54) is 0 Å². The van der Waals surface area contributed by atoms with Crippen LogP contribution in [-0.2, 0) is 4.79 Å². The molecule has 0 unspecified atom stereocenters. The number of carboxylic acids is 1. The highest BCUT2D eigenvalue weighted by atomic mass is 32.1. The van der Waals surface area contributed by atoms with Gasteiger partial charge in [0.25, 0.3) is 5.91 Å². The lowest BCUT2D eigenvalue weighted by atomic mass is 9.81. The Labute approximate surface area is 122 Å². The number of amides is 1. The van der Waals surface area contributed by atoms with E-state index in [9.17, 15) is 14.7 Å². The summed E-state index contributed by atoms with van der Waals surface area (Å²) >= 11 is 1.58. The first kappa shape index (κ1) is 13.6. The maximum absolute atomic E-state index is 12.6. The lowest BCUT2D eigenvalue weighted by Crippen LogP contribution is -2.37. The van der Waals surface area contributed by atoms with Crippen molar-refractivity contribution in [2.45, 2.75) is 33.1 Å². The van der Waals surface area contributed by atoms with Crippen molar-refractivity contribution in [3.63, 3.8) is 0 Å². The predicted molar refractivity (Wildman–Crippen MR) is 77.1 cm³/mol. The average Bonchev–Trinajstić information content (AvgIpc) is 3.03. The Bertz CT molecular complexity index is 580. The molecule has 1 aromatic heterocycles. The Morgan fingerprint density at radius 2 is 2.20 bits per heavy atom. The Hall–Kier alpha value is -1.36. The third-order valence-corrected chi connectivity index (χ3v) is 6.11. The average molecular weight is 293 g/mol. The van der Waals surface area contributed by atoms with Crippen molar-refractivity contribution in [1.82, 2.24) is 4.90 Å². The fourth-order valence-electron chi connectivity index (χ4n) is 3.69. The van der Waals surface area contributed by atoms with Gasteiger partial charge < -0.3 is 10.0 Å². The molecule has 1 aliphatic heterocycles. The van der Waals surface area contributed by atoms with Crippen molar-refractivity contribution in [2.24, 2.45) is 11.3 Å². The van der Waals surface area contributed by atoms with Crippen LogP contribution in [0.2, 0.25) is 0 Å². The van der Waals surface area contributed by atoms with Gasteiger partial charge in [-0.2, -0.15) is 0 Å². The summed E-state index contributed by atoms with van der Waals surface area (Å²) in [5.74, 6) is -0.598. The van der Waals surface area contributed by atoms with E-state index in [1.807, 2.05) is 19.2 Å². The van der Waals surface area contributed by atoms with Gasteiger partial charge in [0.1, 0.15) is 0 Å². The van der Waals surface area contributed by atoms with E-state index < -0.39 is 11.4 Å². The van der Waals surface area contributed by atoms with Gasteiger partial charge in [0, 0.05) is 23.3 Å². The highest BCUT2D eigenvalue weighted by Crippen LogP contribution is 2.49. The summed E-state index contributed by atoms with van der Waals surface area (Å²) in [5, 5.41) is 11.5. The lowest BCUT2D eigenvalue weighted by molar-refractivity contribution is -0.149. The zero-order valence-electron chi connectivity index (χ0n) is 11.8. The van der Waals surface area contributed by atoms with E-state index in [4.69, 9.17) is 0 Å². The number of rotatable bonds is 2. The number of carbonyl (C=O) groups excluding carboxylic acids is 1. The number of nitrogens with zero attached hydrogens (tertiary/aromatic N) is 1. The van der Waals surface area contributed by atoms with Crippen LogP contribution in [0.5, 0.6) is 0 Å². The normalized spacial score (nSPS) is 28.7. The first-order valence-electron chi connectivity index (χ1n) is 7.03. The molecule has 3 rings (SSSR count). The molecule has 1 saturated carbocycles. The van der Waals surface area contributed by atoms with E-state index in [0.29, 0.717) is 19.5 Å². The number of likely N-dealkylation sites (tertiary alicyclic amines) is 1. The smallest absolute Gasteiger partial charge is 0.311 e. The van der Waals surface area contributed by atoms with Crippen LogP contribution in [0, 0.1) is 25.2 Å². The van der Waals surface area contributed by atoms with Crippen LogP contribution < -0.4 is 0 Å². The first-order valence-corrected chi connectivity index (χ1v) is 7.91. The molecular weight excluding hydrogens is 274 g/mol. The minimum absolute atomic E-state index is 0.00174. The Morgan fingerprint density at radius 3 is 2.75 bits per heavy atom. The second-order valence-electron chi connectivity index (χ2n) is 6.07. The van der Waals surface area contributed by atoms with Crippen LogP contribution in [0.15, 0.2) is 5.38 Å². The van der Waals surface area contributed by atoms with Crippen molar-refractivity contribution in [1.29, 1.82) is 0 Å². The molecule has 0 spiro atoms. The number of carbonyl (C=O) groups is 2. The van der Waals surface area contributed by atoms with Crippen LogP contribution in [0.1, 0.15) is 40.1 Å². The van der Waals surface area contributed by atoms with Crippen LogP contribution >= 0.6 is 11.3 Å². The first-order chi connectivity index (χ1) is 9.45. The number of aryl methyl sites for hydroxylation is 1. The zero-order valence-corrected chi connectivity index (χ0v) is 12.6. The van der Waals surface area contributed by atoms with Crippen molar-refractivity contribution < 1.29 is 14.7 Å². The molecular formula is C15H19NO3S. The molecule has 0 aromatic carbocycles. The third-order valence-electron chi connectivity index (χ3n) is 5.10. The summed E-state index contributed by atoms with van der Waals surface area (Å²) in [6.45, 7) is 4.94. The number of hydrogen-bond donors (Lipinski definition) is 1. The van der Waals surface area contributed by atoms with Crippen LogP contribution in [0.4, 0.5) is 0 Å². The van der Waals surface area contributed by atoms with Gasteiger partial charge in [0.2, 0.25) is 0 Å². The SMILES string of the molecule is Cc1scc(C(=O)N2C[C@@H]3CCC[C@@]3(C(=O)O)C2)c1C. The van der Waals surface area contributed by atoms with Gasteiger partial charge >= 0.3 is 5.97 Å². The summed E-state index contributed by atoms with van der Waals surface area (Å²) in [4.78, 5) is 27.2. The highest BCUT2D eigenvalue weighted by molar-refractivity contribution is 7.10. The molecule has 2 atom stereocenters. The quantitative estimate of drug-likeness (QED) is 0.912. The number of aliphatic carboxylic acids is 1. The summed E-state index contributed by atoms with van der Waals surface area (Å²) in [7, 11) is 0. The highest BCUT2D eigenvalue weighted by Gasteiger charge is 2.55. The van der Waals surface area contributed by atoms with Crippen LogP contribution in [-0.4, -0.2) is 35.0 Å². The van der Waals surface area contributed by atoms with Gasteiger partial charge in [0.15, 0.2) is 0 Å². The van der Waals surface area contributed by atoms with Crippen molar-refractivity contribution in [3.05, 3.63) is 21.4 Å². The van der Waals surface area contributed by atoms with E-state index >= 15 is 0 Å². The van der Waals surface area contributed by atoms with Crippen molar-refractivity contribution in [3.8, 4) is 0 Å². The molecule has 1 saturated heterocycles. The molecule has 1 aromatic rings. The molecule has 0 radical (unpaired) electrons. The topological polar surface area (TPSA) is 57.6 Å². The Morgan fingerprint density at radius 1 is 1.45 bits per heavy atom. The van der Waals surface area contributed by atoms with Gasteiger partial charge in [-0.05, 0) is 38.2 Å². The summed E-state index contributed by atoms with van der Waals surface area (Å²) in [5.41, 5.74) is 1.09. The lowest BCUT2D eigenvalue weighted by Gasteiger charge is -2.23. The predicted octanol–water partition coefficient (Wildman–Crippen LogP) is 2.69. The molecule has 4 nitrogen and oxygen atoms in total. The molecule has 2 aliphatic rings. The number of fused-ring (bicyclic) bond motifs is 1. The molecule has 1 amide bonds. The standard InChI is InChI=1S/C15H19NO3S/c1-9-10(2)20-7-12(9)13(17)16-6-11-4-3-5-15(11,8-16)14(18)19/h7,11H,3-6,8H2,1-2H3,(H,18,19)/t11-,15+/m0/s1. The largest absolute Gasteiger partial charge is 0.481 e. The minimum atomic E-state index is -0.728. The summed E-state index contributed by atoms with van der Waals surface area (Å²) in [6, 6.07) is 0. The fraction of sp³-hybridized carbons (Fsp3) is 0.600. The van der Waals surface area contributed by atoms with Gasteiger partial charge in [-0.1, -0.05) is 6.42 Å². The van der Waals surface area contributed by atoms with E-state index in [0.717, 1.165) is 28.8 Å². The zero-order chi connectivity index (χ0) is 14.5. The van der Waals surface area contributed by atoms with Crippen LogP contribution in [0.25, 0.3) is 0 Å². The van der Waals surface area contributed by atoms with Gasteiger partial charge in [0.05, 0.1) is 11.0 Å². The molecule has 2 fully saturated rings. The van der Waals surface area contributed by atoms with Gasteiger partial charge in [-0.3, -0.25) is 9.59 Å². The number of carboxylic acid groups (broad SMARTS) is 1. The second-order valence-corrected chi connectivity index (χ2v) is 7.15. The molecule has 0 bridgehead atoms. The Kier molecular flexibility index (Phi) is 3.12. The number of hydrogen-bond acceptors (Lipinski definition) is 3. The molecule has 1 N–H and O–H groups in total. The maximum atomic E-state index is 12.6. The van der Waals surface area contributed by atoms with Gasteiger partial charge in [-0.25, -0.2) is 0 Å². The van der Waals surface area contributed by atoms with Gasteiger partial charge in [-0.15, -0.1) is 11.3 Å². The molecule has 108 valence electrons. The minimum Gasteiger partial charge on any atom is -0.481 e. The summed E-state index contributed by atoms with van der Waals surface area (Å²) in [6.07, 6.45) is 2.60. The van der Waals surface area contributed by atoms with E-state index in [2.05, 4.69) is 0 Å². The third kappa shape index (κ3) is 1.79.